The molecule has 0 unspecified atom stereocenters. The van der Waals surface area contributed by atoms with Crippen LogP contribution in [0.15, 0.2) is 18.2 Å². The first kappa shape index (κ1) is 9.51. The van der Waals surface area contributed by atoms with Gasteiger partial charge >= 0.3 is 7.32 Å². The van der Waals surface area contributed by atoms with Gasteiger partial charge in [-0.1, -0.05) is 0 Å². The Morgan fingerprint density at radius 1 is 1.46 bits per heavy atom. The van der Waals surface area contributed by atoms with Gasteiger partial charge in [0.15, 0.2) is 0 Å². The van der Waals surface area contributed by atoms with E-state index in [0.29, 0.717) is 0 Å². The van der Waals surface area contributed by atoms with Crippen molar-refractivity contribution in [1.82, 2.24) is 0 Å². The lowest BCUT2D eigenvalue weighted by Crippen LogP contribution is -2.20. The van der Waals surface area contributed by atoms with E-state index in [1.807, 2.05) is 0 Å². The zero-order valence-electron chi connectivity index (χ0n) is 6.44. The minimum Gasteiger partial charge on any atom is -0.512 e. The van der Waals surface area contributed by atoms with Gasteiger partial charge in [-0.15, -0.1) is 0 Å². The largest absolute Gasteiger partial charge is 0.707 e. The van der Waals surface area contributed by atoms with Crippen LogP contribution < -0.4 is 4.65 Å². The first-order chi connectivity index (χ1) is 6.13. The standard InChI is InChI=1S/C7H5BFNO3/c9-7-2-1-6(13-8(11)12)3-5(7)4-10/h1-3,11-12H. The minimum absolute atomic E-state index is 0.0213. The highest BCUT2D eigenvalue weighted by molar-refractivity contribution is 6.33. The van der Waals surface area contributed by atoms with E-state index in [1.165, 1.54) is 6.07 Å². The molecule has 0 atom stereocenters. The lowest BCUT2D eigenvalue weighted by Gasteiger charge is -2.04. The predicted molar refractivity (Wildman–Crippen MR) is 41.9 cm³/mol. The number of rotatable bonds is 2. The summed E-state index contributed by atoms with van der Waals surface area (Å²) in [6, 6.07) is 4.87. The van der Waals surface area contributed by atoms with Crippen molar-refractivity contribution in [3.05, 3.63) is 29.6 Å². The second-order valence-electron chi connectivity index (χ2n) is 2.20. The molecule has 4 nitrogen and oxygen atoms in total. The molecule has 0 spiro atoms. The highest BCUT2D eigenvalue weighted by Gasteiger charge is 2.12. The zero-order valence-corrected chi connectivity index (χ0v) is 6.44. The zero-order chi connectivity index (χ0) is 9.84. The Balaban J connectivity index is 2.95. The van der Waals surface area contributed by atoms with E-state index in [-0.39, 0.29) is 11.3 Å². The number of hydrogen-bond donors (Lipinski definition) is 2. The van der Waals surface area contributed by atoms with Crippen molar-refractivity contribution in [1.29, 1.82) is 5.26 Å². The van der Waals surface area contributed by atoms with Crippen LogP contribution in [0.5, 0.6) is 5.75 Å². The highest BCUT2D eigenvalue weighted by Crippen LogP contribution is 2.15. The quantitative estimate of drug-likeness (QED) is 0.631. The van der Waals surface area contributed by atoms with Gasteiger partial charge in [0.25, 0.3) is 0 Å². The lowest BCUT2D eigenvalue weighted by atomic mass is 10.2. The van der Waals surface area contributed by atoms with E-state index < -0.39 is 13.1 Å². The number of halogens is 1. The fourth-order valence-corrected chi connectivity index (χ4v) is 0.785. The molecule has 6 heteroatoms. The number of nitrogens with zero attached hydrogens (tertiary/aromatic N) is 1. The van der Waals surface area contributed by atoms with Crippen molar-refractivity contribution in [3.8, 4) is 11.8 Å². The molecule has 1 aromatic carbocycles. The molecule has 1 rings (SSSR count). The maximum Gasteiger partial charge on any atom is 0.707 e. The third-order valence-electron chi connectivity index (χ3n) is 1.30. The molecule has 0 fully saturated rings. The van der Waals surface area contributed by atoms with Crippen molar-refractivity contribution < 1.29 is 19.1 Å². The van der Waals surface area contributed by atoms with Crippen molar-refractivity contribution in [2.45, 2.75) is 0 Å². The van der Waals surface area contributed by atoms with Crippen molar-refractivity contribution in [2.75, 3.05) is 0 Å². The van der Waals surface area contributed by atoms with Gasteiger partial charge in [-0.2, -0.15) is 5.26 Å². The van der Waals surface area contributed by atoms with Crippen molar-refractivity contribution in [3.63, 3.8) is 0 Å². The summed E-state index contributed by atoms with van der Waals surface area (Å²) in [5, 5.41) is 25.2. The normalized spacial score (nSPS) is 9.08. The molecule has 66 valence electrons. The van der Waals surface area contributed by atoms with E-state index >= 15 is 0 Å². The molecule has 2 N–H and O–H groups in total. The van der Waals surface area contributed by atoms with Crippen LogP contribution in [0.2, 0.25) is 0 Å². The van der Waals surface area contributed by atoms with Crippen molar-refractivity contribution in [2.24, 2.45) is 0 Å². The summed E-state index contributed by atoms with van der Waals surface area (Å²) in [5.41, 5.74) is -0.210. The van der Waals surface area contributed by atoms with Gasteiger partial charge in [0.1, 0.15) is 17.6 Å². The van der Waals surface area contributed by atoms with E-state index in [2.05, 4.69) is 4.65 Å². The molecule has 0 heterocycles. The van der Waals surface area contributed by atoms with Crippen LogP contribution in [0.4, 0.5) is 4.39 Å². The molecule has 0 aliphatic carbocycles. The summed E-state index contributed by atoms with van der Waals surface area (Å²) < 4.78 is 17.1. The molecule has 0 saturated heterocycles. The first-order valence-corrected chi connectivity index (χ1v) is 3.36. The Morgan fingerprint density at radius 2 is 2.15 bits per heavy atom. The topological polar surface area (TPSA) is 73.5 Å². The van der Waals surface area contributed by atoms with Gasteiger partial charge in [0.05, 0.1) is 5.56 Å². The van der Waals surface area contributed by atoms with Crippen LogP contribution in [0, 0.1) is 17.1 Å². The molecular weight excluding hydrogens is 176 g/mol. The average molecular weight is 181 g/mol. The Hall–Kier alpha value is -1.58. The monoisotopic (exact) mass is 181 g/mol. The summed E-state index contributed by atoms with van der Waals surface area (Å²) >= 11 is 0. The van der Waals surface area contributed by atoms with Crippen LogP contribution in [0.1, 0.15) is 5.56 Å². The van der Waals surface area contributed by atoms with Crippen LogP contribution >= 0.6 is 0 Å². The Labute approximate surface area is 74.0 Å². The Bertz CT molecular complexity index is 350. The molecule has 0 aromatic heterocycles. The summed E-state index contributed by atoms with van der Waals surface area (Å²) in [5.74, 6) is -0.657. The van der Waals surface area contributed by atoms with Crippen LogP contribution in [-0.4, -0.2) is 17.4 Å². The SMILES string of the molecule is N#Cc1cc(OB(O)O)ccc1F. The second kappa shape index (κ2) is 3.89. The summed E-state index contributed by atoms with van der Waals surface area (Å²) in [4.78, 5) is 0. The first-order valence-electron chi connectivity index (χ1n) is 3.36. The molecule has 0 amide bonds. The van der Waals surface area contributed by atoms with Crippen LogP contribution in [0.3, 0.4) is 0 Å². The molecule has 0 aliphatic rings. The second-order valence-corrected chi connectivity index (χ2v) is 2.20. The smallest absolute Gasteiger partial charge is 0.512 e. The summed E-state index contributed by atoms with van der Waals surface area (Å²) in [6.07, 6.45) is 0. The molecule has 0 radical (unpaired) electrons. The average Bonchev–Trinajstić information content (AvgIpc) is 2.07. The van der Waals surface area contributed by atoms with Gasteiger partial charge in [-0.3, -0.25) is 0 Å². The van der Waals surface area contributed by atoms with E-state index in [0.717, 1.165) is 12.1 Å². The maximum absolute atomic E-state index is 12.7. The molecule has 0 aliphatic heterocycles. The van der Waals surface area contributed by atoms with Gasteiger partial charge in [0.2, 0.25) is 0 Å². The summed E-state index contributed by atoms with van der Waals surface area (Å²) in [7, 11) is -1.97. The number of nitriles is 1. The molecular formula is C7H5BFNO3. The maximum atomic E-state index is 12.7. The van der Waals surface area contributed by atoms with Gasteiger partial charge in [-0.25, -0.2) is 4.39 Å². The Kier molecular flexibility index (Phi) is 2.85. The molecule has 0 saturated carbocycles. The molecule has 0 bridgehead atoms. The highest BCUT2D eigenvalue weighted by atomic mass is 19.1. The third-order valence-corrected chi connectivity index (χ3v) is 1.30. The molecule has 1 aromatic rings. The van der Waals surface area contributed by atoms with E-state index in [4.69, 9.17) is 15.3 Å². The molecule has 13 heavy (non-hydrogen) atoms. The Morgan fingerprint density at radius 3 is 2.69 bits per heavy atom. The summed E-state index contributed by atoms with van der Waals surface area (Å²) in [6.45, 7) is 0. The van der Waals surface area contributed by atoms with Crippen LogP contribution in [-0.2, 0) is 0 Å². The van der Waals surface area contributed by atoms with Gasteiger partial charge in [-0.05, 0) is 18.2 Å². The van der Waals surface area contributed by atoms with E-state index in [1.54, 1.807) is 6.07 Å². The fraction of sp³-hybridized carbons (Fsp3) is 0. The van der Waals surface area contributed by atoms with Gasteiger partial charge < -0.3 is 14.7 Å². The fourth-order valence-electron chi connectivity index (χ4n) is 0.785. The number of benzene rings is 1. The minimum atomic E-state index is -1.97. The van der Waals surface area contributed by atoms with Crippen LogP contribution in [0.25, 0.3) is 0 Å². The van der Waals surface area contributed by atoms with Crippen molar-refractivity contribution >= 4 is 7.32 Å². The predicted octanol–water partition coefficient (Wildman–Crippen LogP) is 0.0457. The third kappa shape index (κ3) is 2.44. The van der Waals surface area contributed by atoms with Gasteiger partial charge in [0, 0.05) is 0 Å². The number of hydrogen-bond acceptors (Lipinski definition) is 4. The lowest BCUT2D eigenvalue weighted by molar-refractivity contribution is 0.288. The van der Waals surface area contributed by atoms with E-state index in [9.17, 15) is 4.39 Å².